The molecular formula is C96H97N13O4. The molecule has 0 saturated heterocycles. The molecule has 17 nitrogen and oxygen atoms in total. The third-order valence-electron chi connectivity index (χ3n) is 23.7. The molecule has 16 aromatic rings. The Bertz CT molecular complexity index is 6490. The van der Waals surface area contributed by atoms with Gasteiger partial charge in [0.25, 0.3) is 0 Å². The number of anilines is 11. The predicted octanol–water partition coefficient (Wildman–Crippen LogP) is 23.6. The van der Waals surface area contributed by atoms with Crippen LogP contribution in [0.5, 0.6) is 0 Å². The van der Waals surface area contributed by atoms with Gasteiger partial charge in [0.05, 0.1) is 62.6 Å². The molecule has 7 aromatic heterocycles. The van der Waals surface area contributed by atoms with Crippen LogP contribution in [0.2, 0.25) is 0 Å². The van der Waals surface area contributed by atoms with Crippen LogP contribution in [0.15, 0.2) is 249 Å². The fourth-order valence-corrected chi connectivity index (χ4v) is 17.0. The number of benzene rings is 9. The third-order valence-corrected chi connectivity index (χ3v) is 23.7. The van der Waals surface area contributed by atoms with E-state index >= 15 is 0 Å². The Morgan fingerprint density at radius 1 is 0.319 bits per heavy atom. The van der Waals surface area contributed by atoms with Crippen LogP contribution >= 0.6 is 0 Å². The molecule has 5 aliphatic heterocycles. The lowest BCUT2D eigenvalue weighted by molar-refractivity contribution is 0.383. The number of rotatable bonds is 5. The first kappa shape index (κ1) is 69.3. The van der Waals surface area contributed by atoms with Gasteiger partial charge in [0.2, 0.25) is 0 Å². The molecule has 570 valence electrons. The van der Waals surface area contributed by atoms with Gasteiger partial charge in [0.15, 0.2) is 33.5 Å². The van der Waals surface area contributed by atoms with E-state index in [1.54, 1.807) is 6.20 Å². The highest BCUT2D eigenvalue weighted by molar-refractivity contribution is 6.14. The second-order valence-corrected chi connectivity index (χ2v) is 30.6. The molecule has 0 aliphatic carbocycles. The van der Waals surface area contributed by atoms with E-state index in [1.165, 1.54) is 72.1 Å². The zero-order chi connectivity index (χ0) is 81.2. The SMILES string of the molecule is Cc1cc2oc3c(N4c5ccccc5N(C)[C@@H]4C)c(C)ccc3c2cn1.Cc1ccc2c(oc3c(C)nccc32)c1N1c2ccccc2N(C)[C@@H]1C.Cc1ccc2c(oc3ccccc32)c1N1C=CN(C)[C@@H]1C.Cc1ccc2oc3c(N4c5ccccc5N(C)[C@@H]4C)c(C)ccc3c2n1.[2H]C([2H])([2H])N1C=CN(c2ccccc2C)[C@H]1C. The minimum Gasteiger partial charge on any atom is -0.454 e. The van der Waals surface area contributed by atoms with Gasteiger partial charge in [-0.25, -0.2) is 4.98 Å². The van der Waals surface area contributed by atoms with Crippen LogP contribution in [0, 0.1) is 55.4 Å². The van der Waals surface area contributed by atoms with Crippen molar-refractivity contribution < 1.29 is 21.8 Å². The van der Waals surface area contributed by atoms with Gasteiger partial charge >= 0.3 is 0 Å². The van der Waals surface area contributed by atoms with Gasteiger partial charge in [-0.05, 0) is 191 Å². The highest BCUT2D eigenvalue weighted by atomic mass is 16.3. The normalized spacial score (nSPS) is 18.0. The summed E-state index contributed by atoms with van der Waals surface area (Å²) < 4.78 is 47.6. The first-order valence-electron chi connectivity index (χ1n) is 40.4. The third kappa shape index (κ3) is 12.3. The van der Waals surface area contributed by atoms with Crippen molar-refractivity contribution in [3.63, 3.8) is 0 Å². The Morgan fingerprint density at radius 3 is 1.30 bits per heavy atom. The number of hydrogen-bond acceptors (Lipinski definition) is 17. The molecule has 0 fully saturated rings. The second kappa shape index (κ2) is 28.8. The summed E-state index contributed by atoms with van der Waals surface area (Å²) in [5.74, 6) is 0. The number of nitrogens with zero attached hydrogens (tertiary/aromatic N) is 13. The van der Waals surface area contributed by atoms with Crippen LogP contribution < -0.4 is 39.2 Å². The van der Waals surface area contributed by atoms with E-state index < -0.39 is 6.98 Å². The van der Waals surface area contributed by atoms with Crippen molar-refractivity contribution in [2.75, 3.05) is 74.4 Å². The van der Waals surface area contributed by atoms with E-state index in [1.807, 2.05) is 119 Å². The molecule has 0 unspecified atom stereocenters. The molecule has 0 amide bonds. The summed E-state index contributed by atoms with van der Waals surface area (Å²) in [6.07, 6.45) is 12.2. The summed E-state index contributed by atoms with van der Waals surface area (Å²) in [6.45, 7) is 25.3. The number of aryl methyl sites for hydroxylation is 8. The van der Waals surface area contributed by atoms with Crippen molar-refractivity contribution in [2.24, 2.45) is 0 Å². The lowest BCUT2D eigenvalue weighted by atomic mass is 10.1. The summed E-state index contributed by atoms with van der Waals surface area (Å²) >= 11 is 0. The van der Waals surface area contributed by atoms with Gasteiger partial charge < -0.3 is 66.7 Å². The standard InChI is InChI=1S/3C22H21N3O.C18H18N2O.C12H16N2/c1-13-9-11-16-20-19(12-10-14(2)23-20)26-22(16)21(13)25-15(3)24(4)17-7-5-6-8-18(17)25;1-13-9-10-16-17-12-23-14(2)11-20(17)26-22(16)21(13)25-15(3)24(4)18-7-5-6-8-19(18)25;1-13-9-10-16-17-11-12-23-14(2)21(17)26-22(16)20(13)25-15(3)24(4)18-7-5-6-8-19(18)25;1-12-8-9-15-14-6-4-5-7-16(14)21-18(15)17(12)20-11-10-19(3)13(20)2;1-10-6-4-5-7-12(10)14-9-8-13(3)11(14)2/h3*5-12,15H,1-4H3;4-11,13H,1-3H3;4-9,11H,1-3H3/t3*15-;13-;11-/m00000/s1/i;;;;3D3. The Balaban J connectivity index is 0.000000105. The molecule has 5 aliphatic rings. The summed E-state index contributed by atoms with van der Waals surface area (Å²) in [5.41, 5.74) is 30.1. The topological polar surface area (TPSA) is 124 Å². The number of fused-ring (bicyclic) bond motifs is 15. The monoisotopic (exact) mass is 1500 g/mol. The summed E-state index contributed by atoms with van der Waals surface area (Å²) in [7, 11) is 8.52. The molecule has 12 heterocycles. The lowest BCUT2D eigenvalue weighted by Gasteiger charge is -2.29. The average molecular weight is 1500 g/mol. The molecular weight excluding hydrogens is 1400 g/mol. The van der Waals surface area contributed by atoms with Crippen LogP contribution in [0.1, 0.15) is 83.6 Å². The van der Waals surface area contributed by atoms with E-state index in [0.717, 1.165) is 128 Å². The summed E-state index contributed by atoms with van der Waals surface area (Å²) in [6, 6.07) is 67.2. The fraction of sp³-hybridized carbons (Fsp3) is 0.240. The van der Waals surface area contributed by atoms with Crippen molar-refractivity contribution >= 4 is 150 Å². The predicted molar refractivity (Wildman–Crippen MR) is 470 cm³/mol. The minimum atomic E-state index is -2.09. The van der Waals surface area contributed by atoms with Crippen molar-refractivity contribution in [2.45, 2.75) is 121 Å². The van der Waals surface area contributed by atoms with E-state index in [4.69, 9.17) is 26.8 Å². The van der Waals surface area contributed by atoms with Crippen molar-refractivity contribution in [3.05, 3.63) is 276 Å². The van der Waals surface area contributed by atoms with Gasteiger partial charge in [-0.3, -0.25) is 9.97 Å². The van der Waals surface area contributed by atoms with Crippen molar-refractivity contribution in [1.82, 2.24) is 24.8 Å². The van der Waals surface area contributed by atoms with Crippen LogP contribution in [0.4, 0.5) is 62.6 Å². The number of para-hydroxylation sites is 8. The van der Waals surface area contributed by atoms with Crippen LogP contribution in [-0.4, -0.2) is 90.7 Å². The maximum absolute atomic E-state index is 7.45. The number of aromatic nitrogens is 3. The number of pyridine rings is 3. The van der Waals surface area contributed by atoms with Crippen molar-refractivity contribution in [1.29, 1.82) is 0 Å². The highest BCUT2D eigenvalue weighted by Crippen LogP contribution is 2.52. The molecule has 21 rings (SSSR count). The Morgan fingerprint density at radius 2 is 0.752 bits per heavy atom. The molecule has 9 aromatic carbocycles. The number of furan rings is 4. The number of hydrogen-bond donors (Lipinski definition) is 0. The first-order chi connectivity index (χ1) is 55.8. The smallest absolute Gasteiger partial charge is 0.161 e. The molecule has 17 heteroatoms. The minimum absolute atomic E-state index is 0.191. The fourth-order valence-electron chi connectivity index (χ4n) is 17.0. The molecule has 0 N–H and O–H groups in total. The van der Waals surface area contributed by atoms with Crippen molar-refractivity contribution in [3.8, 4) is 0 Å². The van der Waals surface area contributed by atoms with Crippen LogP contribution in [0.3, 0.4) is 0 Å². The van der Waals surface area contributed by atoms with Gasteiger partial charge in [0.1, 0.15) is 47.5 Å². The maximum atomic E-state index is 7.45. The molecule has 0 spiro atoms. The molecule has 0 saturated carbocycles. The Kier molecular flexibility index (Phi) is 17.6. The van der Waals surface area contributed by atoms with E-state index in [-0.39, 0.29) is 24.7 Å². The Hall–Kier alpha value is -12.9. The second-order valence-electron chi connectivity index (χ2n) is 30.6. The summed E-state index contributed by atoms with van der Waals surface area (Å²) in [5, 5.41) is 7.89. The van der Waals surface area contributed by atoms with Crippen LogP contribution in [-0.2, 0) is 0 Å². The van der Waals surface area contributed by atoms with Crippen LogP contribution in [0.25, 0.3) is 87.9 Å². The van der Waals surface area contributed by atoms with E-state index in [2.05, 4.69) is 279 Å². The quantitative estimate of drug-likeness (QED) is 0.162. The van der Waals surface area contributed by atoms with E-state index in [0.29, 0.717) is 6.17 Å². The first-order valence-corrected chi connectivity index (χ1v) is 38.9. The van der Waals surface area contributed by atoms with Gasteiger partial charge in [-0.1, -0.05) is 115 Å². The maximum Gasteiger partial charge on any atom is 0.161 e. The van der Waals surface area contributed by atoms with Gasteiger partial charge in [0, 0.05) is 137 Å². The molecule has 0 bridgehead atoms. The molecule has 5 atom stereocenters. The lowest BCUT2D eigenvalue weighted by Crippen LogP contribution is -2.36. The molecule has 113 heavy (non-hydrogen) atoms. The van der Waals surface area contributed by atoms with E-state index in [9.17, 15) is 0 Å². The average Bonchev–Trinajstić information content (AvgIpc) is 1.60. The van der Waals surface area contributed by atoms with Gasteiger partial charge in [-0.2, -0.15) is 0 Å². The zero-order valence-electron chi connectivity index (χ0n) is 70.3. The summed E-state index contributed by atoms with van der Waals surface area (Å²) in [4.78, 5) is 35.5. The highest BCUT2D eigenvalue weighted by Gasteiger charge is 2.38. The Labute approximate surface area is 664 Å². The zero-order valence-corrected chi connectivity index (χ0v) is 67.3. The largest absolute Gasteiger partial charge is 0.454 e. The molecule has 0 radical (unpaired) electrons. The van der Waals surface area contributed by atoms with Gasteiger partial charge in [-0.15, -0.1) is 0 Å².